The fourth-order valence-electron chi connectivity index (χ4n) is 5.18. The number of hydrogen-bond donors (Lipinski definition) is 1. The van der Waals surface area contributed by atoms with E-state index in [0.717, 1.165) is 58.5 Å². The van der Waals surface area contributed by atoms with Crippen LogP contribution in [0.5, 0.6) is 0 Å². The van der Waals surface area contributed by atoms with E-state index in [4.69, 9.17) is 0 Å². The predicted molar refractivity (Wildman–Crippen MR) is 149 cm³/mol. The van der Waals surface area contributed by atoms with Gasteiger partial charge in [0.15, 0.2) is 0 Å². The standard InChI is InChI=1S/C29H41N3O4S/c1-6-27(29(34)30-25-13-8-7-9-14-25)31(19-24-12-10-11-21(2)16-24)28(33)20-32(37(5,35)36)26-17-22(3)15-23(4)18-26/h10-12,15-18,25,27H,6-9,13-14,19-20H2,1-5H3,(H,30,34). The van der Waals surface area contributed by atoms with E-state index >= 15 is 0 Å². The van der Waals surface area contributed by atoms with Gasteiger partial charge in [-0.1, -0.05) is 62.1 Å². The Balaban J connectivity index is 1.93. The molecule has 1 fully saturated rings. The summed E-state index contributed by atoms with van der Waals surface area (Å²) in [5, 5.41) is 3.17. The minimum Gasteiger partial charge on any atom is -0.352 e. The van der Waals surface area contributed by atoms with Crippen molar-refractivity contribution in [3.8, 4) is 0 Å². The van der Waals surface area contributed by atoms with Crippen LogP contribution in [0.1, 0.15) is 67.7 Å². The van der Waals surface area contributed by atoms with E-state index in [0.29, 0.717) is 12.1 Å². The molecule has 0 aliphatic heterocycles. The predicted octanol–water partition coefficient (Wildman–Crippen LogP) is 4.63. The molecule has 3 rings (SSSR count). The number of anilines is 1. The van der Waals surface area contributed by atoms with Gasteiger partial charge >= 0.3 is 0 Å². The van der Waals surface area contributed by atoms with Crippen molar-refractivity contribution in [2.75, 3.05) is 17.1 Å². The summed E-state index contributed by atoms with van der Waals surface area (Å²) in [6.45, 7) is 7.51. The summed E-state index contributed by atoms with van der Waals surface area (Å²) in [5.41, 5.74) is 4.22. The van der Waals surface area contributed by atoms with Gasteiger partial charge in [-0.2, -0.15) is 0 Å². The second kappa shape index (κ2) is 12.6. The van der Waals surface area contributed by atoms with Gasteiger partial charge < -0.3 is 10.2 Å². The SMILES string of the molecule is CCC(C(=O)NC1CCCCC1)N(Cc1cccc(C)c1)C(=O)CN(c1cc(C)cc(C)c1)S(C)(=O)=O. The average Bonchev–Trinajstić information content (AvgIpc) is 2.81. The molecular formula is C29H41N3O4S. The highest BCUT2D eigenvalue weighted by Crippen LogP contribution is 2.23. The summed E-state index contributed by atoms with van der Waals surface area (Å²) >= 11 is 0. The molecule has 2 aromatic rings. The van der Waals surface area contributed by atoms with Gasteiger partial charge in [0.2, 0.25) is 21.8 Å². The molecule has 0 heterocycles. The second-order valence-corrected chi connectivity index (χ2v) is 12.3. The largest absolute Gasteiger partial charge is 0.352 e. The van der Waals surface area contributed by atoms with Crippen LogP contribution in [0, 0.1) is 20.8 Å². The van der Waals surface area contributed by atoms with Crippen LogP contribution in [-0.4, -0.2) is 50.0 Å². The molecule has 8 heteroatoms. The Morgan fingerprint density at radius 2 is 1.62 bits per heavy atom. The Kier molecular flexibility index (Phi) is 9.76. The minimum absolute atomic E-state index is 0.119. The van der Waals surface area contributed by atoms with E-state index in [2.05, 4.69) is 5.32 Å². The van der Waals surface area contributed by atoms with E-state index in [-0.39, 0.29) is 25.0 Å². The van der Waals surface area contributed by atoms with Crippen molar-refractivity contribution in [3.63, 3.8) is 0 Å². The van der Waals surface area contributed by atoms with Gasteiger partial charge in [-0.15, -0.1) is 0 Å². The molecule has 0 saturated heterocycles. The Morgan fingerprint density at radius 1 is 0.973 bits per heavy atom. The Morgan fingerprint density at radius 3 is 2.19 bits per heavy atom. The van der Waals surface area contributed by atoms with Crippen LogP contribution in [-0.2, 0) is 26.2 Å². The van der Waals surface area contributed by atoms with E-state index in [1.807, 2.05) is 58.0 Å². The Labute approximate surface area is 222 Å². The maximum atomic E-state index is 13.9. The summed E-state index contributed by atoms with van der Waals surface area (Å²) in [6, 6.07) is 12.7. The van der Waals surface area contributed by atoms with E-state index < -0.39 is 22.0 Å². The highest BCUT2D eigenvalue weighted by Gasteiger charge is 2.33. The normalized spacial score (nSPS) is 15.2. The molecule has 1 N–H and O–H groups in total. The molecule has 1 aliphatic rings. The molecule has 2 amide bonds. The topological polar surface area (TPSA) is 86.8 Å². The molecule has 0 spiro atoms. The quantitative estimate of drug-likeness (QED) is 0.488. The number of rotatable bonds is 10. The lowest BCUT2D eigenvalue weighted by atomic mass is 9.95. The average molecular weight is 528 g/mol. The van der Waals surface area contributed by atoms with Crippen LogP contribution < -0.4 is 9.62 Å². The van der Waals surface area contributed by atoms with E-state index in [1.165, 1.54) is 6.42 Å². The first-order valence-electron chi connectivity index (χ1n) is 13.2. The molecule has 0 bridgehead atoms. The number of aryl methyl sites for hydroxylation is 3. The van der Waals surface area contributed by atoms with Crippen molar-refractivity contribution >= 4 is 27.5 Å². The maximum absolute atomic E-state index is 13.9. The van der Waals surface area contributed by atoms with Crippen LogP contribution in [0.2, 0.25) is 0 Å². The third-order valence-electron chi connectivity index (χ3n) is 6.95. The molecule has 202 valence electrons. The molecule has 0 radical (unpaired) electrons. The zero-order valence-electron chi connectivity index (χ0n) is 22.8. The number of benzene rings is 2. The molecule has 1 atom stereocenters. The Bertz CT molecular complexity index is 1190. The third-order valence-corrected chi connectivity index (χ3v) is 8.09. The summed E-state index contributed by atoms with van der Waals surface area (Å²) in [5.74, 6) is -0.579. The third kappa shape index (κ3) is 8.06. The first kappa shape index (κ1) is 28.7. The van der Waals surface area contributed by atoms with Gasteiger partial charge in [0.1, 0.15) is 12.6 Å². The fraction of sp³-hybridized carbons (Fsp3) is 0.517. The second-order valence-electron chi connectivity index (χ2n) is 10.4. The van der Waals surface area contributed by atoms with Crippen molar-refractivity contribution in [1.29, 1.82) is 0 Å². The lowest BCUT2D eigenvalue weighted by Crippen LogP contribution is -2.54. The molecule has 0 aromatic heterocycles. The minimum atomic E-state index is -3.75. The van der Waals surface area contributed by atoms with Gasteiger partial charge in [0, 0.05) is 12.6 Å². The van der Waals surface area contributed by atoms with Crippen LogP contribution in [0.3, 0.4) is 0 Å². The Hall–Kier alpha value is -2.87. The number of carbonyl (C=O) groups is 2. The molecule has 2 aromatic carbocycles. The monoisotopic (exact) mass is 527 g/mol. The zero-order valence-corrected chi connectivity index (χ0v) is 23.6. The van der Waals surface area contributed by atoms with Gasteiger partial charge in [0.05, 0.1) is 11.9 Å². The number of hydrogen-bond acceptors (Lipinski definition) is 4. The van der Waals surface area contributed by atoms with Crippen molar-refractivity contribution in [1.82, 2.24) is 10.2 Å². The molecule has 1 aliphatic carbocycles. The fourth-order valence-corrected chi connectivity index (χ4v) is 6.01. The molecule has 1 saturated carbocycles. The summed E-state index contributed by atoms with van der Waals surface area (Å²) in [4.78, 5) is 28.9. The van der Waals surface area contributed by atoms with Crippen molar-refractivity contribution in [3.05, 3.63) is 64.7 Å². The van der Waals surface area contributed by atoms with Crippen molar-refractivity contribution in [2.45, 2.75) is 84.8 Å². The van der Waals surface area contributed by atoms with E-state index in [1.54, 1.807) is 17.0 Å². The molecule has 1 unspecified atom stereocenters. The van der Waals surface area contributed by atoms with Gasteiger partial charge in [0.25, 0.3) is 0 Å². The van der Waals surface area contributed by atoms with Crippen LogP contribution >= 0.6 is 0 Å². The van der Waals surface area contributed by atoms with Crippen molar-refractivity contribution < 1.29 is 18.0 Å². The first-order valence-corrected chi connectivity index (χ1v) is 15.0. The lowest BCUT2D eigenvalue weighted by Gasteiger charge is -2.34. The molecule has 7 nitrogen and oxygen atoms in total. The smallest absolute Gasteiger partial charge is 0.244 e. The molecule has 37 heavy (non-hydrogen) atoms. The zero-order chi connectivity index (χ0) is 27.2. The molecular weight excluding hydrogens is 486 g/mol. The highest BCUT2D eigenvalue weighted by molar-refractivity contribution is 7.92. The highest BCUT2D eigenvalue weighted by atomic mass is 32.2. The summed E-state index contributed by atoms with van der Waals surface area (Å²) < 4.78 is 26.8. The first-order chi connectivity index (χ1) is 17.5. The van der Waals surface area contributed by atoms with Gasteiger partial charge in [-0.05, 0) is 68.9 Å². The number of sulfonamides is 1. The number of nitrogens with zero attached hydrogens (tertiary/aromatic N) is 2. The van der Waals surface area contributed by atoms with Gasteiger partial charge in [-0.3, -0.25) is 13.9 Å². The summed E-state index contributed by atoms with van der Waals surface area (Å²) in [7, 11) is -3.75. The van der Waals surface area contributed by atoms with Crippen LogP contribution in [0.25, 0.3) is 0 Å². The number of nitrogens with one attached hydrogen (secondary N) is 1. The van der Waals surface area contributed by atoms with Crippen LogP contribution in [0.15, 0.2) is 42.5 Å². The maximum Gasteiger partial charge on any atom is 0.244 e. The van der Waals surface area contributed by atoms with Gasteiger partial charge in [-0.25, -0.2) is 8.42 Å². The lowest BCUT2D eigenvalue weighted by molar-refractivity contribution is -0.140. The number of amides is 2. The van der Waals surface area contributed by atoms with Crippen LogP contribution in [0.4, 0.5) is 5.69 Å². The van der Waals surface area contributed by atoms with Crippen molar-refractivity contribution in [2.24, 2.45) is 0 Å². The number of carbonyl (C=O) groups excluding carboxylic acids is 2. The van der Waals surface area contributed by atoms with E-state index in [9.17, 15) is 18.0 Å². The summed E-state index contributed by atoms with van der Waals surface area (Å²) in [6.07, 6.45) is 6.79.